The topological polar surface area (TPSA) is 70.4 Å². The van der Waals surface area contributed by atoms with Crippen LogP contribution in [0.2, 0.25) is 0 Å². The molecule has 6 heteroatoms. The molecule has 0 fully saturated rings. The van der Waals surface area contributed by atoms with Crippen LogP contribution in [0.4, 0.5) is 5.69 Å². The van der Waals surface area contributed by atoms with Crippen LogP contribution in [-0.4, -0.2) is 31.3 Å². The number of hydrogen-bond donors (Lipinski definition) is 0. The van der Waals surface area contributed by atoms with Gasteiger partial charge in [0.15, 0.2) is 6.61 Å². The lowest BCUT2D eigenvalue weighted by molar-refractivity contribution is -0.121. The molecule has 0 atom stereocenters. The number of ether oxygens (including phenoxy) is 1. The number of benzene rings is 2. The third kappa shape index (κ3) is 5.60. The van der Waals surface area contributed by atoms with Gasteiger partial charge in [0.2, 0.25) is 0 Å². The predicted octanol–water partition coefficient (Wildman–Crippen LogP) is 4.13. The second-order valence-corrected chi connectivity index (χ2v) is 6.92. The number of carbonyl (C=O) groups excluding carboxylic acids is 2. The fraction of sp³-hybridized carbons (Fsp3) is 0.286. The summed E-state index contributed by atoms with van der Waals surface area (Å²) >= 11 is 1.44. The minimum Gasteiger partial charge on any atom is -0.452 e. The zero-order valence-corrected chi connectivity index (χ0v) is 16.5. The first-order valence-corrected chi connectivity index (χ1v) is 9.74. The quantitative estimate of drug-likeness (QED) is 0.532. The van der Waals surface area contributed by atoms with Crippen molar-refractivity contribution in [2.75, 3.05) is 24.3 Å². The Balaban J connectivity index is 2.14. The number of rotatable bonds is 7. The summed E-state index contributed by atoms with van der Waals surface area (Å²) in [6, 6.07) is 14.9. The molecule has 0 aliphatic rings. The Kier molecular flexibility index (Phi) is 7.44. The van der Waals surface area contributed by atoms with Crippen LogP contribution >= 0.6 is 11.8 Å². The predicted molar refractivity (Wildman–Crippen MR) is 107 cm³/mol. The molecule has 2 aromatic rings. The van der Waals surface area contributed by atoms with Gasteiger partial charge in [0.05, 0.1) is 18.1 Å². The van der Waals surface area contributed by atoms with E-state index in [9.17, 15) is 9.59 Å². The van der Waals surface area contributed by atoms with Crippen molar-refractivity contribution in [3.05, 3.63) is 59.2 Å². The molecule has 27 heavy (non-hydrogen) atoms. The van der Waals surface area contributed by atoms with Crippen molar-refractivity contribution in [1.29, 1.82) is 5.26 Å². The van der Waals surface area contributed by atoms with E-state index in [1.165, 1.54) is 16.7 Å². The molecule has 5 nitrogen and oxygen atoms in total. The number of aryl methyl sites for hydroxylation is 2. The van der Waals surface area contributed by atoms with Gasteiger partial charge in [0.1, 0.15) is 0 Å². The molecule has 1 amide bonds. The average Bonchev–Trinajstić information content (AvgIpc) is 2.65. The lowest BCUT2D eigenvalue weighted by atomic mass is 10.1. The van der Waals surface area contributed by atoms with Crippen molar-refractivity contribution in [2.45, 2.75) is 25.2 Å². The Labute approximate surface area is 163 Å². The summed E-state index contributed by atoms with van der Waals surface area (Å²) in [6.45, 7) is 3.77. The van der Waals surface area contributed by atoms with Crippen LogP contribution in [0.25, 0.3) is 0 Å². The van der Waals surface area contributed by atoms with Gasteiger partial charge in [-0.05, 0) is 55.5 Å². The van der Waals surface area contributed by atoms with Gasteiger partial charge in [-0.3, -0.25) is 4.79 Å². The number of esters is 1. The summed E-state index contributed by atoms with van der Waals surface area (Å²) in [5.74, 6) is -0.890. The second kappa shape index (κ2) is 9.79. The van der Waals surface area contributed by atoms with Crippen LogP contribution in [0.3, 0.4) is 0 Å². The average molecular weight is 382 g/mol. The van der Waals surface area contributed by atoms with Crippen molar-refractivity contribution >= 4 is 29.3 Å². The molecule has 0 saturated carbocycles. The van der Waals surface area contributed by atoms with E-state index in [4.69, 9.17) is 10.00 Å². The van der Waals surface area contributed by atoms with Gasteiger partial charge in [-0.15, -0.1) is 11.8 Å². The third-order valence-corrected chi connectivity index (χ3v) is 4.72. The van der Waals surface area contributed by atoms with E-state index >= 15 is 0 Å². The minimum absolute atomic E-state index is 0.196. The van der Waals surface area contributed by atoms with Gasteiger partial charge >= 0.3 is 5.97 Å². The first-order valence-electron chi connectivity index (χ1n) is 8.52. The van der Waals surface area contributed by atoms with E-state index in [-0.39, 0.29) is 25.5 Å². The Morgan fingerprint density at radius 2 is 1.81 bits per heavy atom. The highest BCUT2D eigenvalue weighted by Gasteiger charge is 2.19. The van der Waals surface area contributed by atoms with Gasteiger partial charge in [-0.1, -0.05) is 18.2 Å². The van der Waals surface area contributed by atoms with Gasteiger partial charge in [0.25, 0.3) is 5.91 Å². The van der Waals surface area contributed by atoms with Crippen LogP contribution < -0.4 is 4.90 Å². The molecule has 0 unspecified atom stereocenters. The fourth-order valence-electron chi connectivity index (χ4n) is 2.76. The minimum atomic E-state index is -0.533. The molecule has 0 heterocycles. The van der Waals surface area contributed by atoms with E-state index in [1.807, 2.05) is 50.4 Å². The number of thioether (sulfide) groups is 1. The normalized spacial score (nSPS) is 10.1. The maximum atomic E-state index is 12.7. The van der Waals surface area contributed by atoms with Crippen molar-refractivity contribution in [3.8, 4) is 6.07 Å². The molecule has 140 valence electrons. The molecule has 0 aliphatic carbocycles. The summed E-state index contributed by atoms with van der Waals surface area (Å²) in [6.07, 6.45) is 2.07. The Bertz CT molecular complexity index is 854. The van der Waals surface area contributed by atoms with E-state index in [2.05, 4.69) is 6.07 Å². The standard InChI is InChI=1S/C21H22N2O3S/c1-15-11-16(2)13-17(12-15)23(10-6-9-22)20(24)14-26-21(25)18-7-4-5-8-19(18)27-3/h4-5,7-8,11-13H,6,10,14H2,1-3H3. The molecule has 2 rings (SSSR count). The molecular formula is C21H22N2O3S. The molecule has 0 aliphatic heterocycles. The molecule has 0 N–H and O–H groups in total. The number of hydrogen-bond acceptors (Lipinski definition) is 5. The monoisotopic (exact) mass is 382 g/mol. The zero-order chi connectivity index (χ0) is 19.8. The number of nitriles is 1. The summed E-state index contributed by atoms with van der Waals surface area (Å²) in [5, 5.41) is 8.90. The van der Waals surface area contributed by atoms with Crippen molar-refractivity contribution in [1.82, 2.24) is 0 Å². The number of carbonyl (C=O) groups is 2. The Morgan fingerprint density at radius 1 is 1.15 bits per heavy atom. The van der Waals surface area contributed by atoms with E-state index in [0.29, 0.717) is 11.3 Å². The Hall–Kier alpha value is -2.78. The summed E-state index contributed by atoms with van der Waals surface area (Å²) in [5.41, 5.74) is 3.18. The highest BCUT2D eigenvalue weighted by Crippen LogP contribution is 2.22. The molecular weight excluding hydrogens is 360 g/mol. The molecule has 2 aromatic carbocycles. The van der Waals surface area contributed by atoms with E-state index in [0.717, 1.165) is 16.0 Å². The van der Waals surface area contributed by atoms with Crippen LogP contribution in [0, 0.1) is 25.2 Å². The van der Waals surface area contributed by atoms with Crippen LogP contribution in [0.1, 0.15) is 27.9 Å². The summed E-state index contributed by atoms with van der Waals surface area (Å²) < 4.78 is 5.25. The van der Waals surface area contributed by atoms with Crippen LogP contribution in [0.15, 0.2) is 47.4 Å². The maximum Gasteiger partial charge on any atom is 0.339 e. The molecule has 0 spiro atoms. The molecule has 0 aromatic heterocycles. The van der Waals surface area contributed by atoms with Gasteiger partial charge in [-0.25, -0.2) is 4.79 Å². The highest BCUT2D eigenvalue weighted by atomic mass is 32.2. The number of anilines is 1. The van der Waals surface area contributed by atoms with E-state index in [1.54, 1.807) is 12.1 Å². The first-order chi connectivity index (χ1) is 13.0. The summed E-state index contributed by atoms with van der Waals surface area (Å²) in [4.78, 5) is 27.3. The zero-order valence-electron chi connectivity index (χ0n) is 15.7. The summed E-state index contributed by atoms with van der Waals surface area (Å²) in [7, 11) is 0. The Morgan fingerprint density at radius 3 is 2.44 bits per heavy atom. The largest absolute Gasteiger partial charge is 0.452 e. The molecule has 0 saturated heterocycles. The van der Waals surface area contributed by atoms with E-state index < -0.39 is 5.97 Å². The van der Waals surface area contributed by atoms with Crippen molar-refractivity contribution < 1.29 is 14.3 Å². The first kappa shape index (κ1) is 20.5. The van der Waals surface area contributed by atoms with Crippen LogP contribution in [0.5, 0.6) is 0 Å². The number of nitrogens with zero attached hydrogens (tertiary/aromatic N) is 2. The third-order valence-electron chi connectivity index (χ3n) is 3.92. The molecule has 0 radical (unpaired) electrons. The van der Waals surface area contributed by atoms with Crippen LogP contribution in [-0.2, 0) is 9.53 Å². The SMILES string of the molecule is CSc1ccccc1C(=O)OCC(=O)N(CCC#N)c1cc(C)cc(C)c1. The second-order valence-electron chi connectivity index (χ2n) is 6.08. The fourth-order valence-corrected chi connectivity index (χ4v) is 3.35. The van der Waals surface area contributed by atoms with Crippen molar-refractivity contribution in [2.24, 2.45) is 0 Å². The smallest absolute Gasteiger partial charge is 0.339 e. The highest BCUT2D eigenvalue weighted by molar-refractivity contribution is 7.98. The lowest BCUT2D eigenvalue weighted by Gasteiger charge is -2.22. The molecule has 0 bridgehead atoms. The lowest BCUT2D eigenvalue weighted by Crippen LogP contribution is -2.35. The van der Waals surface area contributed by atoms with Gasteiger partial charge in [-0.2, -0.15) is 5.26 Å². The van der Waals surface area contributed by atoms with Crippen molar-refractivity contribution in [3.63, 3.8) is 0 Å². The van der Waals surface area contributed by atoms with Gasteiger partial charge < -0.3 is 9.64 Å². The maximum absolute atomic E-state index is 12.7. The number of amides is 1. The van der Waals surface area contributed by atoms with Gasteiger partial charge in [0, 0.05) is 17.1 Å².